The Bertz CT molecular complexity index is 454. The van der Waals surface area contributed by atoms with Gasteiger partial charge < -0.3 is 14.9 Å². The molecule has 0 saturated carbocycles. The predicted octanol–water partition coefficient (Wildman–Crippen LogP) is -0.129. The van der Waals surface area contributed by atoms with E-state index in [0.717, 1.165) is 17.2 Å². The number of nitrogens with zero attached hydrogens (tertiary/aromatic N) is 1. The van der Waals surface area contributed by atoms with Gasteiger partial charge in [0, 0.05) is 6.20 Å². The zero-order valence-corrected chi connectivity index (χ0v) is 12.2. The van der Waals surface area contributed by atoms with E-state index < -0.39 is 29.7 Å². The number of allylic oxidation sites excluding steroid dienone is 1. The first-order chi connectivity index (χ1) is 8.72. The van der Waals surface area contributed by atoms with Gasteiger partial charge in [0.15, 0.2) is 12.0 Å². The summed E-state index contributed by atoms with van der Waals surface area (Å²) in [6, 6.07) is 0. The van der Waals surface area contributed by atoms with E-state index in [1.54, 1.807) is 22.6 Å². The van der Waals surface area contributed by atoms with Crippen LogP contribution in [0.2, 0.25) is 0 Å². The SMILES string of the molecule is C[C@]1(O)[C@H](N2C=CC(=O)CC2=O)O[C@](F)(CI)[C@H]1O. The molecule has 2 heterocycles. The van der Waals surface area contributed by atoms with Gasteiger partial charge in [-0.2, -0.15) is 0 Å². The van der Waals surface area contributed by atoms with Crippen LogP contribution in [-0.4, -0.2) is 55.0 Å². The molecule has 0 aromatic heterocycles. The molecular formula is C11H13FINO5. The Labute approximate surface area is 122 Å². The van der Waals surface area contributed by atoms with Crippen molar-refractivity contribution in [2.45, 2.75) is 37.1 Å². The number of ketones is 1. The average Bonchev–Trinajstić information content (AvgIpc) is 2.51. The van der Waals surface area contributed by atoms with Gasteiger partial charge in [0.05, 0.1) is 10.8 Å². The fourth-order valence-corrected chi connectivity index (χ4v) is 2.74. The summed E-state index contributed by atoms with van der Waals surface area (Å²) in [5.41, 5.74) is -1.97. The van der Waals surface area contributed by atoms with Crippen LogP contribution < -0.4 is 0 Å². The molecule has 8 heteroatoms. The topological polar surface area (TPSA) is 87.1 Å². The fourth-order valence-electron chi connectivity index (χ4n) is 2.14. The summed E-state index contributed by atoms with van der Waals surface area (Å²) in [4.78, 5) is 23.8. The summed E-state index contributed by atoms with van der Waals surface area (Å²) in [5, 5.41) is 20.0. The third-order valence-electron chi connectivity index (χ3n) is 3.24. The predicted molar refractivity (Wildman–Crippen MR) is 69.8 cm³/mol. The molecule has 2 rings (SSSR count). The third-order valence-corrected chi connectivity index (χ3v) is 4.28. The minimum absolute atomic E-state index is 0.205. The Kier molecular flexibility index (Phi) is 3.71. The van der Waals surface area contributed by atoms with Crippen molar-refractivity contribution in [1.29, 1.82) is 0 Å². The van der Waals surface area contributed by atoms with Gasteiger partial charge in [-0.25, -0.2) is 4.39 Å². The highest BCUT2D eigenvalue weighted by Gasteiger charge is 2.63. The zero-order valence-electron chi connectivity index (χ0n) is 10.0. The number of amides is 1. The molecule has 1 amide bonds. The first kappa shape index (κ1) is 14.8. The van der Waals surface area contributed by atoms with Crippen LogP contribution in [0.25, 0.3) is 0 Å². The molecule has 1 fully saturated rings. The van der Waals surface area contributed by atoms with Crippen molar-refractivity contribution < 1.29 is 28.9 Å². The second kappa shape index (κ2) is 4.76. The van der Waals surface area contributed by atoms with Gasteiger partial charge in [0.2, 0.25) is 11.8 Å². The van der Waals surface area contributed by atoms with Crippen LogP contribution in [0, 0.1) is 0 Å². The highest BCUT2D eigenvalue weighted by atomic mass is 127. The Morgan fingerprint density at radius 1 is 1.63 bits per heavy atom. The number of ether oxygens (including phenoxy) is 1. The van der Waals surface area contributed by atoms with Crippen LogP contribution >= 0.6 is 22.6 Å². The second-order valence-electron chi connectivity index (χ2n) is 4.78. The van der Waals surface area contributed by atoms with Crippen LogP contribution in [0.15, 0.2) is 12.3 Å². The van der Waals surface area contributed by atoms with Crippen LogP contribution in [0.1, 0.15) is 13.3 Å². The van der Waals surface area contributed by atoms with Crippen LogP contribution in [0.5, 0.6) is 0 Å². The average molecular weight is 385 g/mol. The van der Waals surface area contributed by atoms with Crippen molar-refractivity contribution in [3.05, 3.63) is 12.3 Å². The maximum Gasteiger partial charge on any atom is 0.249 e. The quantitative estimate of drug-likeness (QED) is 0.393. The normalized spacial score (nSPS) is 43.1. The molecule has 0 unspecified atom stereocenters. The monoisotopic (exact) mass is 385 g/mol. The second-order valence-corrected chi connectivity index (χ2v) is 5.54. The lowest BCUT2D eigenvalue weighted by atomic mass is 9.95. The van der Waals surface area contributed by atoms with Crippen molar-refractivity contribution in [3.8, 4) is 0 Å². The van der Waals surface area contributed by atoms with Crippen molar-refractivity contribution in [3.63, 3.8) is 0 Å². The molecule has 106 valence electrons. The first-order valence-electron chi connectivity index (χ1n) is 5.57. The van der Waals surface area contributed by atoms with Crippen molar-refractivity contribution in [2.24, 2.45) is 0 Å². The van der Waals surface area contributed by atoms with E-state index in [-0.39, 0.29) is 16.6 Å². The number of hydrogen-bond acceptors (Lipinski definition) is 5. The number of alkyl halides is 2. The molecule has 0 aromatic rings. The largest absolute Gasteiger partial charge is 0.384 e. The molecule has 0 bridgehead atoms. The lowest BCUT2D eigenvalue weighted by molar-refractivity contribution is -0.184. The molecule has 19 heavy (non-hydrogen) atoms. The number of hydrogen-bond donors (Lipinski definition) is 2. The Balaban J connectivity index is 2.33. The highest BCUT2D eigenvalue weighted by molar-refractivity contribution is 14.1. The van der Waals surface area contributed by atoms with E-state index in [2.05, 4.69) is 0 Å². The molecule has 2 aliphatic heterocycles. The van der Waals surface area contributed by atoms with Crippen LogP contribution in [0.3, 0.4) is 0 Å². The highest BCUT2D eigenvalue weighted by Crippen LogP contribution is 2.42. The standard InChI is InChI=1S/C11H13FINO5/c1-10(18)8(17)11(12,5-13)19-9(10)14-3-2-6(15)4-7(14)16/h2-3,8-9,17-18H,4-5H2,1H3/t8-,9+,10+,11+/m0/s1. The van der Waals surface area contributed by atoms with E-state index in [9.17, 15) is 24.2 Å². The van der Waals surface area contributed by atoms with Crippen molar-refractivity contribution >= 4 is 34.3 Å². The lowest BCUT2D eigenvalue weighted by Gasteiger charge is -2.34. The molecule has 0 aliphatic carbocycles. The van der Waals surface area contributed by atoms with Gasteiger partial charge >= 0.3 is 0 Å². The van der Waals surface area contributed by atoms with E-state index in [4.69, 9.17) is 4.74 Å². The molecular weight excluding hydrogens is 372 g/mol. The number of aliphatic hydroxyl groups is 2. The number of aliphatic hydroxyl groups excluding tert-OH is 1. The molecule has 0 aromatic carbocycles. The number of carbonyl (C=O) groups is 2. The van der Waals surface area contributed by atoms with Crippen molar-refractivity contribution in [2.75, 3.05) is 4.43 Å². The molecule has 2 N–H and O–H groups in total. The maximum absolute atomic E-state index is 14.3. The summed E-state index contributed by atoms with van der Waals surface area (Å²) in [5.74, 6) is -3.42. The van der Waals surface area contributed by atoms with Crippen molar-refractivity contribution in [1.82, 2.24) is 4.90 Å². The molecule has 2 aliphatic rings. The third kappa shape index (κ3) is 2.30. The van der Waals surface area contributed by atoms with E-state index in [1.807, 2.05) is 0 Å². The summed E-state index contributed by atoms with van der Waals surface area (Å²) >= 11 is 1.68. The minimum Gasteiger partial charge on any atom is -0.384 e. The Morgan fingerprint density at radius 3 is 2.74 bits per heavy atom. The first-order valence-corrected chi connectivity index (χ1v) is 7.10. The molecule has 4 atom stereocenters. The van der Waals surface area contributed by atoms with Gasteiger partial charge in [-0.05, 0) is 13.0 Å². The fraction of sp³-hybridized carbons (Fsp3) is 0.636. The Hall–Kier alpha value is -0.580. The van der Waals surface area contributed by atoms with Gasteiger partial charge in [0.1, 0.15) is 11.7 Å². The molecule has 0 spiro atoms. The summed E-state index contributed by atoms with van der Waals surface area (Å²) in [6.45, 7) is 1.19. The van der Waals surface area contributed by atoms with E-state index in [0.29, 0.717) is 0 Å². The number of rotatable bonds is 2. The molecule has 6 nitrogen and oxygen atoms in total. The summed E-state index contributed by atoms with van der Waals surface area (Å²) in [7, 11) is 0. The number of halogens is 2. The van der Waals surface area contributed by atoms with Gasteiger partial charge in [-0.15, -0.1) is 0 Å². The lowest BCUT2D eigenvalue weighted by Crippen LogP contribution is -2.54. The summed E-state index contributed by atoms with van der Waals surface area (Å²) < 4.78 is 19.1. The number of carbonyl (C=O) groups excluding carboxylic acids is 2. The van der Waals surface area contributed by atoms with Crippen LogP contribution in [0.4, 0.5) is 4.39 Å². The summed E-state index contributed by atoms with van der Waals surface area (Å²) in [6.07, 6.45) is -1.25. The minimum atomic E-state index is -2.44. The van der Waals surface area contributed by atoms with Gasteiger partial charge in [0.25, 0.3) is 0 Å². The van der Waals surface area contributed by atoms with Gasteiger partial charge in [-0.3, -0.25) is 14.5 Å². The van der Waals surface area contributed by atoms with E-state index in [1.165, 1.54) is 6.92 Å². The van der Waals surface area contributed by atoms with Gasteiger partial charge in [-0.1, -0.05) is 22.6 Å². The van der Waals surface area contributed by atoms with Crippen LogP contribution in [-0.2, 0) is 14.3 Å². The smallest absolute Gasteiger partial charge is 0.249 e. The van der Waals surface area contributed by atoms with E-state index >= 15 is 0 Å². The molecule has 1 saturated heterocycles. The maximum atomic E-state index is 14.3. The Morgan fingerprint density at radius 2 is 2.26 bits per heavy atom. The zero-order chi connectivity index (χ0) is 14.4. The molecule has 0 radical (unpaired) electrons.